The van der Waals surface area contributed by atoms with E-state index in [4.69, 9.17) is 0 Å². The van der Waals surface area contributed by atoms with Gasteiger partial charge in [0.05, 0.1) is 0 Å². The molecule has 1 saturated heterocycles. The van der Waals surface area contributed by atoms with Crippen LogP contribution in [0.1, 0.15) is 0 Å². The van der Waals surface area contributed by atoms with Gasteiger partial charge in [0, 0.05) is 19.1 Å². The highest BCUT2D eigenvalue weighted by Crippen LogP contribution is 2.44. The Morgan fingerprint density at radius 2 is 1.50 bits per heavy atom. The largest absolute Gasteiger partial charge is 0.409 e. The number of fused-ring (bicyclic) bond motifs is 1. The third-order valence-electron chi connectivity index (χ3n) is 3.32. The molecule has 2 unspecified atom stereocenters. The molecule has 18 heavy (non-hydrogen) atoms. The molecule has 0 spiro atoms. The van der Waals surface area contributed by atoms with Gasteiger partial charge in [-0.15, -0.1) is 0 Å². The second kappa shape index (κ2) is 4.01. The summed E-state index contributed by atoms with van der Waals surface area (Å²) in [6.45, 7) is 1.02. The summed E-state index contributed by atoms with van der Waals surface area (Å²) in [5.74, 6) is -6.04. The minimum Gasteiger partial charge on any atom is -0.352 e. The standard InChI is InChI=1S/C9H10F6N2O/c10-8(11,12)6(9(13,14)15)7(18)17-5-3-1-16-2-4(3)5/h3-6,16H,1-2H2,(H,17,18). The van der Waals surface area contributed by atoms with Crippen molar-refractivity contribution in [3.05, 3.63) is 0 Å². The van der Waals surface area contributed by atoms with E-state index in [1.165, 1.54) is 0 Å². The number of carbonyl (C=O) groups excluding carboxylic acids is 1. The molecule has 2 N–H and O–H groups in total. The van der Waals surface area contributed by atoms with E-state index in [9.17, 15) is 31.1 Å². The number of halogens is 6. The second-order valence-corrected chi connectivity index (χ2v) is 4.54. The minimum absolute atomic E-state index is 0.0453. The van der Waals surface area contributed by atoms with E-state index >= 15 is 0 Å². The maximum absolute atomic E-state index is 12.2. The van der Waals surface area contributed by atoms with Crippen LogP contribution < -0.4 is 10.6 Å². The highest BCUT2D eigenvalue weighted by atomic mass is 19.4. The number of rotatable bonds is 2. The Morgan fingerprint density at radius 1 is 1.06 bits per heavy atom. The highest BCUT2D eigenvalue weighted by Gasteiger charge is 2.63. The summed E-state index contributed by atoms with van der Waals surface area (Å²) in [4.78, 5) is 11.1. The van der Waals surface area contributed by atoms with E-state index in [0.717, 1.165) is 0 Å². The molecular weight excluding hydrogens is 266 g/mol. The average Bonchev–Trinajstić information content (AvgIpc) is 2.59. The Labute approximate surface area is 97.9 Å². The number of alkyl halides is 6. The zero-order valence-electron chi connectivity index (χ0n) is 8.90. The molecule has 0 aromatic carbocycles. The molecule has 0 aromatic heterocycles. The van der Waals surface area contributed by atoms with Gasteiger partial charge in [0.2, 0.25) is 11.8 Å². The lowest BCUT2D eigenvalue weighted by molar-refractivity contribution is -0.274. The fraction of sp³-hybridized carbons (Fsp3) is 0.889. The Hall–Kier alpha value is -0.990. The van der Waals surface area contributed by atoms with Crippen molar-refractivity contribution >= 4 is 5.91 Å². The normalized spacial score (nSPS) is 31.4. The van der Waals surface area contributed by atoms with Gasteiger partial charge in [0.1, 0.15) is 0 Å². The summed E-state index contributed by atoms with van der Waals surface area (Å²) in [5, 5.41) is 4.77. The first kappa shape index (κ1) is 13.4. The van der Waals surface area contributed by atoms with Crippen molar-refractivity contribution in [3.8, 4) is 0 Å². The molecule has 3 nitrogen and oxygen atoms in total. The summed E-state index contributed by atoms with van der Waals surface area (Å²) in [5.41, 5.74) is 0. The van der Waals surface area contributed by atoms with Crippen molar-refractivity contribution < 1.29 is 31.1 Å². The summed E-state index contributed by atoms with van der Waals surface area (Å²) in [6.07, 6.45) is -11.2. The first-order chi connectivity index (χ1) is 8.12. The van der Waals surface area contributed by atoms with Crippen molar-refractivity contribution in [2.24, 2.45) is 17.8 Å². The van der Waals surface area contributed by atoms with Crippen LogP contribution in [0.5, 0.6) is 0 Å². The van der Waals surface area contributed by atoms with E-state index in [-0.39, 0.29) is 11.8 Å². The third-order valence-corrected chi connectivity index (χ3v) is 3.32. The second-order valence-electron chi connectivity index (χ2n) is 4.54. The molecule has 1 aliphatic carbocycles. The maximum Gasteiger partial charge on any atom is 0.409 e. The first-order valence-electron chi connectivity index (χ1n) is 5.27. The van der Waals surface area contributed by atoms with E-state index < -0.39 is 30.2 Å². The van der Waals surface area contributed by atoms with E-state index in [1.807, 2.05) is 5.32 Å². The molecule has 104 valence electrons. The number of hydrogen-bond donors (Lipinski definition) is 2. The van der Waals surface area contributed by atoms with Crippen molar-refractivity contribution in [1.82, 2.24) is 10.6 Å². The van der Waals surface area contributed by atoms with E-state index in [1.54, 1.807) is 0 Å². The quantitative estimate of drug-likeness (QED) is 0.740. The van der Waals surface area contributed by atoms with Crippen molar-refractivity contribution in [2.75, 3.05) is 13.1 Å². The fourth-order valence-corrected chi connectivity index (χ4v) is 2.36. The molecule has 1 heterocycles. The lowest BCUT2D eigenvalue weighted by Crippen LogP contribution is -2.49. The van der Waals surface area contributed by atoms with Crippen LogP contribution in [0, 0.1) is 17.8 Å². The SMILES string of the molecule is O=C(NC1C2CNCC21)C(C(F)(F)F)C(F)(F)F. The van der Waals surface area contributed by atoms with Crippen molar-refractivity contribution in [1.29, 1.82) is 0 Å². The molecule has 2 rings (SSSR count). The third kappa shape index (κ3) is 2.40. The van der Waals surface area contributed by atoms with Gasteiger partial charge in [-0.2, -0.15) is 26.3 Å². The van der Waals surface area contributed by atoms with Gasteiger partial charge < -0.3 is 10.6 Å². The van der Waals surface area contributed by atoms with Gasteiger partial charge in [-0.05, 0) is 11.8 Å². The lowest BCUT2D eigenvalue weighted by atomic mass is 10.1. The van der Waals surface area contributed by atoms with Crippen LogP contribution in [0.25, 0.3) is 0 Å². The van der Waals surface area contributed by atoms with E-state index in [0.29, 0.717) is 13.1 Å². The smallest absolute Gasteiger partial charge is 0.352 e. The summed E-state index contributed by atoms with van der Waals surface area (Å²) < 4.78 is 73.4. The summed E-state index contributed by atoms with van der Waals surface area (Å²) >= 11 is 0. The molecule has 0 radical (unpaired) electrons. The van der Waals surface area contributed by atoms with Crippen LogP contribution in [0.4, 0.5) is 26.3 Å². The summed E-state index contributed by atoms with van der Waals surface area (Å²) in [6, 6.07) is -0.564. The molecular formula is C9H10F6N2O. The van der Waals surface area contributed by atoms with Crippen LogP contribution in [0.2, 0.25) is 0 Å². The number of nitrogens with one attached hydrogen (secondary N) is 2. The number of amides is 1. The predicted molar refractivity (Wildman–Crippen MR) is 47.4 cm³/mol. The van der Waals surface area contributed by atoms with Gasteiger partial charge in [-0.25, -0.2) is 0 Å². The molecule has 0 bridgehead atoms. The fourth-order valence-electron chi connectivity index (χ4n) is 2.36. The zero-order chi connectivity index (χ0) is 13.7. The van der Waals surface area contributed by atoms with Crippen LogP contribution >= 0.6 is 0 Å². The molecule has 2 fully saturated rings. The number of piperidine rings is 1. The Balaban J connectivity index is 2.01. The Kier molecular flexibility index (Phi) is 2.99. The topological polar surface area (TPSA) is 41.1 Å². The monoisotopic (exact) mass is 276 g/mol. The Morgan fingerprint density at radius 3 is 1.89 bits per heavy atom. The molecule has 2 atom stereocenters. The number of hydrogen-bond acceptors (Lipinski definition) is 2. The molecule has 1 amide bonds. The van der Waals surface area contributed by atoms with Crippen LogP contribution in [-0.2, 0) is 4.79 Å². The summed E-state index contributed by atoms with van der Waals surface area (Å²) in [7, 11) is 0. The number of carbonyl (C=O) groups is 1. The predicted octanol–water partition coefficient (Wildman–Crippen LogP) is 1.06. The molecule has 2 aliphatic rings. The van der Waals surface area contributed by atoms with Gasteiger partial charge >= 0.3 is 12.4 Å². The van der Waals surface area contributed by atoms with Gasteiger partial charge in [0.25, 0.3) is 0 Å². The maximum atomic E-state index is 12.2. The van der Waals surface area contributed by atoms with Crippen LogP contribution in [0.15, 0.2) is 0 Å². The van der Waals surface area contributed by atoms with Crippen LogP contribution in [0.3, 0.4) is 0 Å². The highest BCUT2D eigenvalue weighted by molar-refractivity contribution is 5.81. The van der Waals surface area contributed by atoms with Crippen LogP contribution in [-0.4, -0.2) is 37.4 Å². The van der Waals surface area contributed by atoms with Crippen molar-refractivity contribution in [2.45, 2.75) is 18.4 Å². The first-order valence-corrected chi connectivity index (χ1v) is 5.27. The molecule has 1 aliphatic heterocycles. The van der Waals surface area contributed by atoms with Gasteiger partial charge in [-0.3, -0.25) is 4.79 Å². The van der Waals surface area contributed by atoms with Crippen molar-refractivity contribution in [3.63, 3.8) is 0 Å². The molecule has 9 heteroatoms. The lowest BCUT2D eigenvalue weighted by Gasteiger charge is -2.22. The Bertz CT molecular complexity index is 328. The van der Waals surface area contributed by atoms with Gasteiger partial charge in [-0.1, -0.05) is 0 Å². The van der Waals surface area contributed by atoms with Gasteiger partial charge in [0.15, 0.2) is 0 Å². The van der Waals surface area contributed by atoms with E-state index in [2.05, 4.69) is 5.32 Å². The molecule has 1 saturated carbocycles. The average molecular weight is 276 g/mol. The zero-order valence-corrected chi connectivity index (χ0v) is 8.90. The molecule has 0 aromatic rings. The minimum atomic E-state index is -5.62.